The Bertz CT molecular complexity index is 328. The third kappa shape index (κ3) is 5.59. The Morgan fingerprint density at radius 2 is 1.84 bits per heavy atom. The lowest BCUT2D eigenvalue weighted by atomic mass is 9.93. The molecule has 1 rings (SSSR count). The topological polar surface area (TPSA) is 69.6 Å². The van der Waals surface area contributed by atoms with Crippen LogP contribution in [-0.4, -0.2) is 46.6 Å². The maximum Gasteiger partial charge on any atom is 0.303 e. The summed E-state index contributed by atoms with van der Waals surface area (Å²) in [7, 11) is 0. The van der Waals surface area contributed by atoms with Gasteiger partial charge in [0.1, 0.15) is 0 Å². The van der Waals surface area contributed by atoms with E-state index in [1.807, 2.05) is 27.7 Å². The highest BCUT2D eigenvalue weighted by atomic mass is 16.4. The molecule has 0 aromatic rings. The van der Waals surface area contributed by atoms with Gasteiger partial charge < -0.3 is 10.4 Å². The van der Waals surface area contributed by atoms with E-state index in [-0.39, 0.29) is 29.8 Å². The van der Waals surface area contributed by atoms with E-state index < -0.39 is 5.97 Å². The molecule has 110 valence electrons. The fourth-order valence-electron chi connectivity index (χ4n) is 2.43. The van der Waals surface area contributed by atoms with Crippen LogP contribution < -0.4 is 5.32 Å². The van der Waals surface area contributed by atoms with Gasteiger partial charge in [-0.2, -0.15) is 0 Å². The van der Waals surface area contributed by atoms with Gasteiger partial charge in [-0.25, -0.2) is 0 Å². The zero-order valence-corrected chi connectivity index (χ0v) is 12.4. The van der Waals surface area contributed by atoms with Crippen LogP contribution in [0.15, 0.2) is 0 Å². The first kappa shape index (κ1) is 16.0. The number of amides is 1. The minimum absolute atomic E-state index is 0.0455. The van der Waals surface area contributed by atoms with E-state index in [1.165, 1.54) is 0 Å². The number of aliphatic carboxylic acids is 1. The molecule has 0 bridgehead atoms. The van der Waals surface area contributed by atoms with Crippen molar-refractivity contribution >= 4 is 11.9 Å². The van der Waals surface area contributed by atoms with Crippen molar-refractivity contribution in [3.63, 3.8) is 0 Å². The molecule has 0 aromatic carbocycles. The van der Waals surface area contributed by atoms with Crippen molar-refractivity contribution < 1.29 is 14.7 Å². The van der Waals surface area contributed by atoms with Crippen molar-refractivity contribution in [1.82, 2.24) is 10.2 Å². The van der Waals surface area contributed by atoms with Crippen molar-refractivity contribution in [3.05, 3.63) is 0 Å². The van der Waals surface area contributed by atoms with Crippen molar-refractivity contribution in [2.45, 2.75) is 58.5 Å². The second kappa shape index (κ2) is 6.37. The molecule has 2 N–H and O–H groups in total. The lowest BCUT2D eigenvalue weighted by Gasteiger charge is -2.36. The van der Waals surface area contributed by atoms with E-state index in [0.29, 0.717) is 0 Å². The second-order valence-corrected chi connectivity index (χ2v) is 6.49. The van der Waals surface area contributed by atoms with Crippen LogP contribution in [0.5, 0.6) is 0 Å². The highest BCUT2D eigenvalue weighted by Gasteiger charge is 2.28. The first-order chi connectivity index (χ1) is 8.69. The third-order valence-corrected chi connectivity index (χ3v) is 3.54. The molecule has 0 aliphatic carbocycles. The number of piperidine rings is 1. The fourth-order valence-corrected chi connectivity index (χ4v) is 2.43. The van der Waals surface area contributed by atoms with Crippen molar-refractivity contribution in [3.8, 4) is 0 Å². The monoisotopic (exact) mass is 270 g/mol. The van der Waals surface area contributed by atoms with Gasteiger partial charge in [-0.15, -0.1) is 0 Å². The number of rotatable bonds is 4. The van der Waals surface area contributed by atoms with Crippen LogP contribution in [0.2, 0.25) is 0 Å². The maximum absolute atomic E-state index is 12.1. The molecule has 1 fully saturated rings. The van der Waals surface area contributed by atoms with Gasteiger partial charge in [-0.05, 0) is 59.5 Å². The quantitative estimate of drug-likeness (QED) is 0.812. The van der Waals surface area contributed by atoms with Gasteiger partial charge in [0.05, 0.1) is 6.04 Å². The number of hydrogen-bond donors (Lipinski definition) is 2. The zero-order chi connectivity index (χ0) is 14.6. The molecule has 1 amide bonds. The van der Waals surface area contributed by atoms with E-state index >= 15 is 0 Å². The van der Waals surface area contributed by atoms with Crippen molar-refractivity contribution in [2.75, 3.05) is 13.1 Å². The number of nitrogens with zero attached hydrogens (tertiary/aromatic N) is 1. The number of nitrogens with one attached hydrogen (secondary N) is 1. The van der Waals surface area contributed by atoms with Crippen LogP contribution in [0.1, 0.15) is 47.0 Å². The summed E-state index contributed by atoms with van der Waals surface area (Å²) < 4.78 is 0. The molecular weight excluding hydrogens is 244 g/mol. The van der Waals surface area contributed by atoms with E-state index in [1.54, 1.807) is 0 Å². The number of likely N-dealkylation sites (tertiary alicyclic amines) is 1. The summed E-state index contributed by atoms with van der Waals surface area (Å²) in [6.07, 6.45) is 1.97. The summed E-state index contributed by atoms with van der Waals surface area (Å²) in [6, 6.07) is -0.148. The van der Waals surface area contributed by atoms with Crippen molar-refractivity contribution in [2.24, 2.45) is 5.92 Å². The summed E-state index contributed by atoms with van der Waals surface area (Å²) in [6.45, 7) is 9.43. The molecule has 5 heteroatoms. The average molecular weight is 270 g/mol. The molecular formula is C14H26N2O3. The molecule has 0 spiro atoms. The highest BCUT2D eigenvalue weighted by molar-refractivity contribution is 5.81. The average Bonchev–Trinajstić information content (AvgIpc) is 2.26. The summed E-state index contributed by atoms with van der Waals surface area (Å²) >= 11 is 0. The number of carbonyl (C=O) groups excluding carboxylic acids is 1. The molecule has 0 radical (unpaired) electrons. The first-order valence-electron chi connectivity index (χ1n) is 6.97. The van der Waals surface area contributed by atoms with Gasteiger partial charge in [0.25, 0.3) is 0 Å². The van der Waals surface area contributed by atoms with Gasteiger partial charge in [0.15, 0.2) is 0 Å². The van der Waals surface area contributed by atoms with Crippen molar-refractivity contribution in [1.29, 1.82) is 0 Å². The van der Waals surface area contributed by atoms with Crippen LogP contribution in [0, 0.1) is 5.92 Å². The Morgan fingerprint density at radius 1 is 1.32 bits per heavy atom. The largest absolute Gasteiger partial charge is 0.481 e. The Balaban J connectivity index is 2.42. The summed E-state index contributed by atoms with van der Waals surface area (Å²) in [5.41, 5.74) is -0.215. The molecule has 1 atom stereocenters. The number of carbonyl (C=O) groups is 2. The number of hydrogen-bond acceptors (Lipinski definition) is 3. The third-order valence-electron chi connectivity index (χ3n) is 3.54. The Morgan fingerprint density at radius 3 is 2.26 bits per heavy atom. The van der Waals surface area contributed by atoms with Gasteiger partial charge in [0.2, 0.25) is 5.91 Å². The summed E-state index contributed by atoms with van der Waals surface area (Å²) in [5, 5.41) is 11.8. The Labute approximate surface area is 115 Å². The number of carboxylic acids is 1. The van der Waals surface area contributed by atoms with Gasteiger partial charge >= 0.3 is 5.97 Å². The van der Waals surface area contributed by atoms with Crippen LogP contribution in [0.25, 0.3) is 0 Å². The van der Waals surface area contributed by atoms with Gasteiger partial charge in [-0.3, -0.25) is 14.5 Å². The van der Waals surface area contributed by atoms with Crippen LogP contribution in [0.4, 0.5) is 0 Å². The Kier molecular flexibility index (Phi) is 5.35. The normalized spacial score (nSPS) is 20.0. The van der Waals surface area contributed by atoms with E-state index in [9.17, 15) is 9.59 Å². The molecule has 1 unspecified atom stereocenters. The fraction of sp³-hybridized carbons (Fsp3) is 0.857. The van der Waals surface area contributed by atoms with Crippen LogP contribution in [-0.2, 0) is 9.59 Å². The first-order valence-corrected chi connectivity index (χ1v) is 6.97. The number of carboxylic acid groups (broad SMARTS) is 1. The standard InChI is InChI=1S/C14H26N2O3/c1-10(13(19)15-14(2,3)4)16-7-5-11(6-8-16)9-12(17)18/h10-11H,5-9H2,1-4H3,(H,15,19)(H,17,18). The van der Waals surface area contributed by atoms with Gasteiger partial charge in [-0.1, -0.05) is 0 Å². The highest BCUT2D eigenvalue weighted by Crippen LogP contribution is 2.22. The second-order valence-electron chi connectivity index (χ2n) is 6.49. The predicted molar refractivity (Wildman–Crippen MR) is 73.9 cm³/mol. The smallest absolute Gasteiger partial charge is 0.303 e. The Hall–Kier alpha value is -1.10. The lowest BCUT2D eigenvalue weighted by Crippen LogP contribution is -2.52. The van der Waals surface area contributed by atoms with Gasteiger partial charge in [0, 0.05) is 12.0 Å². The molecule has 1 saturated heterocycles. The minimum Gasteiger partial charge on any atom is -0.481 e. The van der Waals surface area contributed by atoms with E-state index in [0.717, 1.165) is 25.9 Å². The van der Waals surface area contributed by atoms with E-state index in [2.05, 4.69) is 10.2 Å². The molecule has 5 nitrogen and oxygen atoms in total. The lowest BCUT2D eigenvalue weighted by molar-refractivity contribution is -0.139. The molecule has 1 aliphatic rings. The maximum atomic E-state index is 12.1. The molecule has 0 aromatic heterocycles. The zero-order valence-electron chi connectivity index (χ0n) is 12.4. The predicted octanol–water partition coefficient (Wildman–Crippen LogP) is 1.48. The van der Waals surface area contributed by atoms with E-state index in [4.69, 9.17) is 5.11 Å². The minimum atomic E-state index is -0.725. The molecule has 1 heterocycles. The van der Waals surface area contributed by atoms with Crippen LogP contribution >= 0.6 is 0 Å². The SMILES string of the molecule is CC(C(=O)NC(C)(C)C)N1CCC(CC(=O)O)CC1. The summed E-state index contributed by atoms with van der Waals surface area (Å²) in [4.78, 5) is 24.9. The van der Waals surface area contributed by atoms with Crippen LogP contribution in [0.3, 0.4) is 0 Å². The summed E-state index contributed by atoms with van der Waals surface area (Å²) in [5.74, 6) is -0.423. The molecule has 19 heavy (non-hydrogen) atoms. The molecule has 1 aliphatic heterocycles. The molecule has 0 saturated carbocycles.